The summed E-state index contributed by atoms with van der Waals surface area (Å²) >= 11 is 0. The molecule has 0 aliphatic heterocycles. The van der Waals surface area contributed by atoms with E-state index in [2.05, 4.69) is 45.9 Å². The van der Waals surface area contributed by atoms with Crippen LogP contribution in [0.15, 0.2) is 42.5 Å². The SMILES string of the molecule is CCC[C@@H](c1ccc(F)cc1)C(CC)CCc1ccc(CC)c(C)c1. The molecular formula is C24H33F. The number of rotatable bonds is 9. The van der Waals surface area contributed by atoms with Crippen molar-refractivity contribution < 1.29 is 4.39 Å². The van der Waals surface area contributed by atoms with Gasteiger partial charge < -0.3 is 0 Å². The summed E-state index contributed by atoms with van der Waals surface area (Å²) in [7, 11) is 0. The fraction of sp³-hybridized carbons (Fsp3) is 0.500. The molecule has 2 atom stereocenters. The standard InChI is InChI=1S/C24H33F/c1-5-8-24(22-13-15-23(25)16-14-22)21(7-3)12-10-19-9-11-20(6-2)18(4)17-19/h9,11,13-17,21,24H,5-8,10,12H2,1-4H3/t21?,24-/m1/s1. The molecule has 0 nitrogen and oxygen atoms in total. The van der Waals surface area contributed by atoms with E-state index >= 15 is 0 Å². The Morgan fingerprint density at radius 1 is 0.920 bits per heavy atom. The largest absolute Gasteiger partial charge is 0.207 e. The van der Waals surface area contributed by atoms with Crippen LogP contribution < -0.4 is 0 Å². The monoisotopic (exact) mass is 340 g/mol. The fourth-order valence-corrected chi connectivity index (χ4v) is 4.05. The summed E-state index contributed by atoms with van der Waals surface area (Å²) in [5.41, 5.74) is 5.61. The lowest BCUT2D eigenvalue weighted by Crippen LogP contribution is -2.14. The van der Waals surface area contributed by atoms with Crippen LogP contribution in [0, 0.1) is 18.7 Å². The molecule has 2 rings (SSSR count). The lowest BCUT2D eigenvalue weighted by molar-refractivity contribution is 0.363. The fourth-order valence-electron chi connectivity index (χ4n) is 4.05. The van der Waals surface area contributed by atoms with E-state index in [0.717, 1.165) is 12.8 Å². The highest BCUT2D eigenvalue weighted by atomic mass is 19.1. The van der Waals surface area contributed by atoms with Gasteiger partial charge in [0.1, 0.15) is 5.82 Å². The van der Waals surface area contributed by atoms with E-state index in [9.17, 15) is 4.39 Å². The lowest BCUT2D eigenvalue weighted by Gasteiger charge is -2.27. The minimum absolute atomic E-state index is 0.140. The van der Waals surface area contributed by atoms with Crippen molar-refractivity contribution in [1.29, 1.82) is 0 Å². The molecule has 0 amide bonds. The van der Waals surface area contributed by atoms with Crippen LogP contribution in [-0.2, 0) is 12.8 Å². The van der Waals surface area contributed by atoms with Gasteiger partial charge >= 0.3 is 0 Å². The van der Waals surface area contributed by atoms with Crippen LogP contribution >= 0.6 is 0 Å². The van der Waals surface area contributed by atoms with Gasteiger partial charge in [0, 0.05) is 0 Å². The summed E-state index contributed by atoms with van der Waals surface area (Å²) in [6, 6.07) is 14.1. The molecule has 0 aliphatic carbocycles. The van der Waals surface area contributed by atoms with Crippen molar-refractivity contribution in [1.82, 2.24) is 0 Å². The van der Waals surface area contributed by atoms with Crippen molar-refractivity contribution in [2.75, 3.05) is 0 Å². The van der Waals surface area contributed by atoms with E-state index < -0.39 is 0 Å². The Morgan fingerprint density at radius 3 is 2.20 bits per heavy atom. The molecule has 0 radical (unpaired) electrons. The zero-order valence-corrected chi connectivity index (χ0v) is 16.3. The van der Waals surface area contributed by atoms with Gasteiger partial charge in [-0.25, -0.2) is 4.39 Å². The van der Waals surface area contributed by atoms with Gasteiger partial charge in [-0.05, 0) is 78.8 Å². The summed E-state index contributed by atoms with van der Waals surface area (Å²) < 4.78 is 13.3. The van der Waals surface area contributed by atoms with Crippen molar-refractivity contribution in [2.45, 2.75) is 72.1 Å². The van der Waals surface area contributed by atoms with Crippen LogP contribution in [0.5, 0.6) is 0 Å². The highest BCUT2D eigenvalue weighted by Crippen LogP contribution is 2.34. The van der Waals surface area contributed by atoms with Crippen molar-refractivity contribution in [2.24, 2.45) is 5.92 Å². The molecule has 25 heavy (non-hydrogen) atoms. The van der Waals surface area contributed by atoms with Gasteiger partial charge in [-0.15, -0.1) is 0 Å². The number of hydrogen-bond donors (Lipinski definition) is 0. The molecule has 0 aromatic heterocycles. The summed E-state index contributed by atoms with van der Waals surface area (Å²) in [5, 5.41) is 0. The molecule has 136 valence electrons. The third-order valence-corrected chi connectivity index (χ3v) is 5.58. The molecule has 0 bridgehead atoms. The van der Waals surface area contributed by atoms with Gasteiger partial charge in [-0.2, -0.15) is 0 Å². The third kappa shape index (κ3) is 5.42. The molecule has 1 heteroatoms. The zero-order valence-electron chi connectivity index (χ0n) is 16.3. The third-order valence-electron chi connectivity index (χ3n) is 5.58. The Kier molecular flexibility index (Phi) is 7.68. The molecule has 0 N–H and O–H groups in total. The first kappa shape index (κ1) is 19.7. The molecule has 0 heterocycles. The highest BCUT2D eigenvalue weighted by Gasteiger charge is 2.21. The number of hydrogen-bond acceptors (Lipinski definition) is 0. The summed E-state index contributed by atoms with van der Waals surface area (Å²) in [5.74, 6) is 1.04. The van der Waals surface area contributed by atoms with Crippen LogP contribution in [0.2, 0.25) is 0 Å². The number of halogens is 1. The Balaban J connectivity index is 2.10. The second kappa shape index (κ2) is 9.75. The molecule has 2 aromatic carbocycles. The zero-order chi connectivity index (χ0) is 18.2. The molecule has 0 saturated heterocycles. The molecule has 2 aromatic rings. The Morgan fingerprint density at radius 2 is 1.64 bits per heavy atom. The molecule has 0 saturated carbocycles. The molecule has 1 unspecified atom stereocenters. The van der Waals surface area contributed by atoms with E-state index in [-0.39, 0.29) is 5.82 Å². The predicted octanol–water partition coefficient (Wildman–Crippen LogP) is 7.24. The highest BCUT2D eigenvalue weighted by molar-refractivity contribution is 5.31. The molecule has 0 fully saturated rings. The van der Waals surface area contributed by atoms with Gasteiger partial charge in [0.25, 0.3) is 0 Å². The second-order valence-electron chi connectivity index (χ2n) is 7.27. The van der Waals surface area contributed by atoms with Crippen LogP contribution in [-0.4, -0.2) is 0 Å². The average molecular weight is 341 g/mol. The maximum absolute atomic E-state index is 13.3. The normalized spacial score (nSPS) is 13.6. The first-order valence-electron chi connectivity index (χ1n) is 9.92. The topological polar surface area (TPSA) is 0 Å². The maximum Gasteiger partial charge on any atom is 0.123 e. The number of benzene rings is 2. The summed E-state index contributed by atoms with van der Waals surface area (Å²) in [6.07, 6.45) is 6.95. The van der Waals surface area contributed by atoms with E-state index in [1.807, 2.05) is 12.1 Å². The second-order valence-corrected chi connectivity index (χ2v) is 7.27. The summed E-state index contributed by atoms with van der Waals surface area (Å²) in [4.78, 5) is 0. The minimum atomic E-state index is -0.140. The average Bonchev–Trinajstić information content (AvgIpc) is 2.62. The number of aryl methyl sites for hydroxylation is 3. The quantitative estimate of drug-likeness (QED) is 0.451. The van der Waals surface area contributed by atoms with Crippen molar-refractivity contribution >= 4 is 0 Å². The van der Waals surface area contributed by atoms with Crippen LogP contribution in [0.3, 0.4) is 0 Å². The Bertz CT molecular complexity index is 642. The van der Waals surface area contributed by atoms with E-state index in [0.29, 0.717) is 11.8 Å². The molecule has 0 aliphatic rings. The smallest absolute Gasteiger partial charge is 0.123 e. The van der Waals surface area contributed by atoms with Gasteiger partial charge in [-0.1, -0.05) is 63.9 Å². The van der Waals surface area contributed by atoms with E-state index in [1.165, 1.54) is 47.9 Å². The Labute approximate surface area is 153 Å². The predicted molar refractivity (Wildman–Crippen MR) is 107 cm³/mol. The van der Waals surface area contributed by atoms with Gasteiger partial charge in [0.15, 0.2) is 0 Å². The van der Waals surface area contributed by atoms with Gasteiger partial charge in [-0.3, -0.25) is 0 Å². The first-order chi connectivity index (χ1) is 12.1. The minimum Gasteiger partial charge on any atom is -0.207 e. The molecule has 0 spiro atoms. The van der Waals surface area contributed by atoms with Crippen LogP contribution in [0.25, 0.3) is 0 Å². The van der Waals surface area contributed by atoms with Gasteiger partial charge in [0.05, 0.1) is 0 Å². The first-order valence-corrected chi connectivity index (χ1v) is 9.92. The van der Waals surface area contributed by atoms with Crippen LogP contribution in [0.1, 0.15) is 74.6 Å². The molecular weight excluding hydrogens is 307 g/mol. The summed E-state index contributed by atoms with van der Waals surface area (Å²) in [6.45, 7) is 8.98. The lowest BCUT2D eigenvalue weighted by atomic mass is 9.78. The van der Waals surface area contributed by atoms with Gasteiger partial charge in [0.2, 0.25) is 0 Å². The maximum atomic E-state index is 13.3. The van der Waals surface area contributed by atoms with Crippen molar-refractivity contribution in [3.05, 3.63) is 70.5 Å². The van der Waals surface area contributed by atoms with E-state index in [1.54, 1.807) is 12.1 Å². The Hall–Kier alpha value is -1.63. The van der Waals surface area contributed by atoms with Crippen molar-refractivity contribution in [3.8, 4) is 0 Å². The van der Waals surface area contributed by atoms with Crippen molar-refractivity contribution in [3.63, 3.8) is 0 Å². The van der Waals surface area contributed by atoms with Crippen LogP contribution in [0.4, 0.5) is 4.39 Å². The van der Waals surface area contributed by atoms with E-state index in [4.69, 9.17) is 0 Å².